The molecule has 1 unspecified atom stereocenters. The number of hydrogen-bond donors (Lipinski definition) is 2. The first kappa shape index (κ1) is 17.9. The van der Waals surface area contributed by atoms with Gasteiger partial charge in [0.15, 0.2) is 0 Å². The first-order valence-corrected chi connectivity index (χ1v) is 7.58. The summed E-state index contributed by atoms with van der Waals surface area (Å²) in [5.41, 5.74) is 0. The largest absolute Gasteiger partial charge is 0.481 e. The Labute approximate surface area is 117 Å². The number of carbonyl (C=O) groups excluding carboxylic acids is 1. The van der Waals surface area contributed by atoms with Gasteiger partial charge in [0.2, 0.25) is 5.91 Å². The molecule has 1 atom stereocenters. The first-order valence-electron chi connectivity index (χ1n) is 7.58. The number of carboxylic acids is 1. The minimum absolute atomic E-state index is 0.0472. The van der Waals surface area contributed by atoms with E-state index in [4.69, 9.17) is 5.11 Å². The Morgan fingerprint density at radius 1 is 1.05 bits per heavy atom. The number of carboxylic acid groups (broad SMARTS) is 1. The number of nitrogens with one attached hydrogen (secondary N) is 1. The summed E-state index contributed by atoms with van der Waals surface area (Å²) in [6.07, 6.45) is 8.51. The van der Waals surface area contributed by atoms with E-state index < -0.39 is 5.97 Å². The normalized spacial score (nSPS) is 12.1. The van der Waals surface area contributed by atoms with Gasteiger partial charge in [-0.3, -0.25) is 9.59 Å². The summed E-state index contributed by atoms with van der Waals surface area (Å²) in [5, 5.41) is 11.6. The van der Waals surface area contributed by atoms with E-state index in [1.54, 1.807) is 0 Å². The molecule has 0 aromatic heterocycles. The van der Waals surface area contributed by atoms with Gasteiger partial charge in [-0.2, -0.15) is 0 Å². The molecule has 112 valence electrons. The van der Waals surface area contributed by atoms with Crippen LogP contribution in [0.15, 0.2) is 0 Å². The summed E-state index contributed by atoms with van der Waals surface area (Å²) in [4.78, 5) is 22.2. The monoisotopic (exact) mass is 271 g/mol. The van der Waals surface area contributed by atoms with Crippen LogP contribution in [0, 0.1) is 5.92 Å². The standard InChI is InChI=1S/C15H29NO3/c1-3-5-6-7-8-9-10-14(17)16-12-13(4-2)11-15(18)19/h13H,3-12H2,1-2H3,(H,16,17)(H,18,19). The third-order valence-corrected chi connectivity index (χ3v) is 3.39. The van der Waals surface area contributed by atoms with Gasteiger partial charge >= 0.3 is 5.97 Å². The molecule has 19 heavy (non-hydrogen) atoms. The van der Waals surface area contributed by atoms with Gasteiger partial charge in [0, 0.05) is 19.4 Å². The quantitative estimate of drug-likeness (QED) is 0.535. The molecule has 0 spiro atoms. The second-order valence-corrected chi connectivity index (χ2v) is 5.19. The lowest BCUT2D eigenvalue weighted by atomic mass is 10.0. The topological polar surface area (TPSA) is 66.4 Å². The molecule has 0 aromatic rings. The average Bonchev–Trinajstić information content (AvgIpc) is 2.38. The summed E-state index contributed by atoms with van der Waals surface area (Å²) in [5.74, 6) is -0.692. The van der Waals surface area contributed by atoms with E-state index >= 15 is 0 Å². The van der Waals surface area contributed by atoms with Gasteiger partial charge in [-0.1, -0.05) is 52.4 Å². The van der Waals surface area contributed by atoms with Crippen LogP contribution in [0.3, 0.4) is 0 Å². The Morgan fingerprint density at radius 2 is 1.68 bits per heavy atom. The van der Waals surface area contributed by atoms with Gasteiger partial charge in [-0.15, -0.1) is 0 Å². The highest BCUT2D eigenvalue weighted by molar-refractivity contribution is 5.75. The first-order chi connectivity index (χ1) is 9.10. The smallest absolute Gasteiger partial charge is 0.303 e. The van der Waals surface area contributed by atoms with Gasteiger partial charge < -0.3 is 10.4 Å². The lowest BCUT2D eigenvalue weighted by molar-refractivity contribution is -0.138. The molecular weight excluding hydrogens is 242 g/mol. The van der Waals surface area contributed by atoms with Crippen molar-refractivity contribution < 1.29 is 14.7 Å². The lowest BCUT2D eigenvalue weighted by Gasteiger charge is -2.13. The van der Waals surface area contributed by atoms with Crippen molar-refractivity contribution in [3.8, 4) is 0 Å². The average molecular weight is 271 g/mol. The highest BCUT2D eigenvalue weighted by atomic mass is 16.4. The molecule has 1 amide bonds. The van der Waals surface area contributed by atoms with Crippen LogP contribution in [0.25, 0.3) is 0 Å². The van der Waals surface area contributed by atoms with Crippen molar-refractivity contribution in [2.45, 2.75) is 71.6 Å². The molecule has 0 saturated heterocycles. The Balaban J connectivity index is 3.54. The number of unbranched alkanes of at least 4 members (excludes halogenated alkanes) is 5. The Morgan fingerprint density at radius 3 is 2.26 bits per heavy atom. The van der Waals surface area contributed by atoms with Crippen LogP contribution in [-0.2, 0) is 9.59 Å². The third kappa shape index (κ3) is 11.7. The highest BCUT2D eigenvalue weighted by Gasteiger charge is 2.12. The summed E-state index contributed by atoms with van der Waals surface area (Å²) in [6, 6.07) is 0. The van der Waals surface area contributed by atoms with Crippen LogP contribution in [0.2, 0.25) is 0 Å². The fourth-order valence-electron chi connectivity index (χ4n) is 2.02. The zero-order chi connectivity index (χ0) is 14.5. The maximum Gasteiger partial charge on any atom is 0.303 e. The Kier molecular flexibility index (Phi) is 11.3. The van der Waals surface area contributed by atoms with E-state index in [-0.39, 0.29) is 18.2 Å². The molecule has 0 aromatic carbocycles. The van der Waals surface area contributed by atoms with E-state index in [1.165, 1.54) is 25.7 Å². The summed E-state index contributed by atoms with van der Waals surface area (Å²) in [7, 11) is 0. The van der Waals surface area contributed by atoms with Gasteiger partial charge in [0.1, 0.15) is 0 Å². The molecule has 0 bridgehead atoms. The van der Waals surface area contributed by atoms with E-state index in [0.29, 0.717) is 13.0 Å². The number of hydrogen-bond acceptors (Lipinski definition) is 2. The summed E-state index contributed by atoms with van der Waals surface area (Å²) < 4.78 is 0. The van der Waals surface area contributed by atoms with E-state index in [1.807, 2.05) is 6.92 Å². The zero-order valence-corrected chi connectivity index (χ0v) is 12.4. The maximum absolute atomic E-state index is 11.6. The highest BCUT2D eigenvalue weighted by Crippen LogP contribution is 2.08. The van der Waals surface area contributed by atoms with Gasteiger partial charge in [0.25, 0.3) is 0 Å². The molecule has 0 aliphatic heterocycles. The number of carbonyl (C=O) groups is 2. The Hall–Kier alpha value is -1.06. The van der Waals surface area contributed by atoms with Crippen LogP contribution < -0.4 is 5.32 Å². The lowest BCUT2D eigenvalue weighted by Crippen LogP contribution is -2.29. The molecule has 0 fully saturated rings. The Bertz CT molecular complexity index is 254. The molecule has 0 aliphatic rings. The van der Waals surface area contributed by atoms with Crippen molar-refractivity contribution in [2.75, 3.05) is 6.54 Å². The predicted molar refractivity (Wildman–Crippen MR) is 77.0 cm³/mol. The number of aliphatic carboxylic acids is 1. The predicted octanol–water partition coefficient (Wildman–Crippen LogP) is 3.35. The van der Waals surface area contributed by atoms with Gasteiger partial charge in [-0.05, 0) is 12.3 Å². The minimum Gasteiger partial charge on any atom is -0.481 e. The minimum atomic E-state index is -0.794. The van der Waals surface area contributed by atoms with Crippen LogP contribution in [0.5, 0.6) is 0 Å². The SMILES string of the molecule is CCCCCCCCC(=O)NCC(CC)CC(=O)O. The second kappa shape index (κ2) is 12.0. The molecule has 0 aliphatic carbocycles. The van der Waals surface area contributed by atoms with Crippen molar-refractivity contribution in [2.24, 2.45) is 5.92 Å². The molecular formula is C15H29NO3. The van der Waals surface area contributed by atoms with Crippen molar-refractivity contribution in [1.82, 2.24) is 5.32 Å². The van der Waals surface area contributed by atoms with Crippen LogP contribution in [-0.4, -0.2) is 23.5 Å². The fraction of sp³-hybridized carbons (Fsp3) is 0.867. The fourth-order valence-corrected chi connectivity index (χ4v) is 2.02. The van der Waals surface area contributed by atoms with Crippen molar-refractivity contribution in [3.05, 3.63) is 0 Å². The summed E-state index contributed by atoms with van der Waals surface area (Å²) in [6.45, 7) is 4.62. The van der Waals surface area contributed by atoms with E-state index in [0.717, 1.165) is 19.3 Å². The molecule has 2 N–H and O–H groups in total. The third-order valence-electron chi connectivity index (χ3n) is 3.39. The molecule has 0 heterocycles. The van der Waals surface area contributed by atoms with Crippen LogP contribution >= 0.6 is 0 Å². The molecule has 4 heteroatoms. The van der Waals surface area contributed by atoms with Crippen LogP contribution in [0.1, 0.15) is 71.6 Å². The summed E-state index contributed by atoms with van der Waals surface area (Å²) >= 11 is 0. The van der Waals surface area contributed by atoms with Crippen molar-refractivity contribution in [1.29, 1.82) is 0 Å². The zero-order valence-electron chi connectivity index (χ0n) is 12.4. The second-order valence-electron chi connectivity index (χ2n) is 5.19. The molecule has 0 saturated carbocycles. The molecule has 0 rings (SSSR count). The molecule has 4 nitrogen and oxygen atoms in total. The van der Waals surface area contributed by atoms with Crippen LogP contribution in [0.4, 0.5) is 0 Å². The number of amides is 1. The number of rotatable bonds is 12. The molecule has 0 radical (unpaired) electrons. The van der Waals surface area contributed by atoms with Crippen molar-refractivity contribution >= 4 is 11.9 Å². The maximum atomic E-state index is 11.6. The van der Waals surface area contributed by atoms with Gasteiger partial charge in [-0.25, -0.2) is 0 Å². The van der Waals surface area contributed by atoms with Gasteiger partial charge in [0.05, 0.1) is 0 Å². The van der Waals surface area contributed by atoms with E-state index in [9.17, 15) is 9.59 Å². The van der Waals surface area contributed by atoms with E-state index in [2.05, 4.69) is 12.2 Å². The van der Waals surface area contributed by atoms with Crippen molar-refractivity contribution in [3.63, 3.8) is 0 Å².